The summed E-state index contributed by atoms with van der Waals surface area (Å²) in [5.74, 6) is 3.30. The Balaban J connectivity index is 1.89. The molecule has 0 aromatic carbocycles. The lowest BCUT2D eigenvalue weighted by Crippen LogP contribution is -2.47. The van der Waals surface area contributed by atoms with Crippen LogP contribution < -0.4 is 0 Å². The van der Waals surface area contributed by atoms with E-state index in [2.05, 4.69) is 49.6 Å². The van der Waals surface area contributed by atoms with Crippen molar-refractivity contribution in [1.29, 1.82) is 0 Å². The lowest BCUT2D eigenvalue weighted by molar-refractivity contribution is -0.113. The normalized spacial score (nSPS) is 49.2. The highest BCUT2D eigenvalue weighted by Gasteiger charge is 2.71. The van der Waals surface area contributed by atoms with Crippen molar-refractivity contribution < 1.29 is 9.32 Å². The second-order valence-corrected chi connectivity index (χ2v) is 10.5. The Hall–Kier alpha value is -0.0300. The van der Waals surface area contributed by atoms with Crippen molar-refractivity contribution in [1.82, 2.24) is 0 Å². The van der Waals surface area contributed by atoms with E-state index in [9.17, 15) is 4.79 Å². The fourth-order valence-corrected chi connectivity index (χ4v) is 7.49. The van der Waals surface area contributed by atoms with Crippen LogP contribution in [0.5, 0.6) is 0 Å². The second kappa shape index (κ2) is 5.48. The minimum Gasteiger partial charge on any atom is -0.354 e. The molecule has 4 rings (SSSR count). The molecule has 2 nitrogen and oxygen atoms in total. The summed E-state index contributed by atoms with van der Waals surface area (Å²) in [5.41, 5.74) is 3.11. The number of carbonyl (C=O) groups excluding carboxylic acids is 1. The maximum atomic E-state index is 12.2. The molecule has 0 spiro atoms. The molecule has 4 aliphatic carbocycles. The fraction of sp³-hybridized carbons (Fsp3) is 0.750. The van der Waals surface area contributed by atoms with E-state index < -0.39 is 0 Å². The van der Waals surface area contributed by atoms with Gasteiger partial charge in [-0.05, 0) is 52.7 Å². The summed E-state index contributed by atoms with van der Waals surface area (Å²) >= 11 is 0. The van der Waals surface area contributed by atoms with E-state index in [1.165, 1.54) is 17.6 Å². The summed E-state index contributed by atoms with van der Waals surface area (Å²) in [5, 5.41) is 0. The summed E-state index contributed by atoms with van der Waals surface area (Å²) < 4.78 is 6.37. The zero-order valence-electron chi connectivity index (χ0n) is 15.4. The van der Waals surface area contributed by atoms with Gasteiger partial charge in [-0.3, -0.25) is 4.79 Å². The Labute approximate surface area is 150 Å². The standard InChI is InChI=1S/C20H30O2P2/c1-10-6-12-8-13(21)9-14(12)20(5)11(2)7-15-16(19(15,3)4)17(20)18(10)22-24-23/h6,9-11,15-18,24H,7-8,23H2,1-5H3/t10-,11-,15-,16-,17-,18-,20-/m1/s1. The van der Waals surface area contributed by atoms with Gasteiger partial charge in [-0.1, -0.05) is 49.6 Å². The molecule has 2 saturated carbocycles. The molecule has 0 saturated heterocycles. The monoisotopic (exact) mass is 364 g/mol. The van der Waals surface area contributed by atoms with Crippen molar-refractivity contribution in [3.05, 3.63) is 23.3 Å². The van der Waals surface area contributed by atoms with E-state index in [1.807, 2.05) is 6.08 Å². The molecule has 132 valence electrons. The Morgan fingerprint density at radius 3 is 2.62 bits per heavy atom. The van der Waals surface area contributed by atoms with Crippen LogP contribution >= 0.6 is 17.4 Å². The van der Waals surface area contributed by atoms with Crippen molar-refractivity contribution in [3.63, 3.8) is 0 Å². The number of ketones is 1. The van der Waals surface area contributed by atoms with Crippen molar-refractivity contribution in [2.45, 2.75) is 53.6 Å². The van der Waals surface area contributed by atoms with Gasteiger partial charge in [-0.2, -0.15) is 0 Å². The lowest BCUT2D eigenvalue weighted by Gasteiger charge is -2.50. The first-order valence-corrected chi connectivity index (χ1v) is 12.0. The number of rotatable bonds is 2. The summed E-state index contributed by atoms with van der Waals surface area (Å²) in [7, 11) is 3.21. The lowest BCUT2D eigenvalue weighted by atomic mass is 9.56. The average molecular weight is 364 g/mol. The summed E-state index contributed by atoms with van der Waals surface area (Å²) in [6.07, 6.45) is 6.48. The summed E-state index contributed by atoms with van der Waals surface area (Å²) in [4.78, 5) is 12.2. The maximum absolute atomic E-state index is 12.2. The molecular weight excluding hydrogens is 334 g/mol. The number of fused-ring (bicyclic) bond motifs is 5. The van der Waals surface area contributed by atoms with Crippen molar-refractivity contribution in [2.75, 3.05) is 0 Å². The topological polar surface area (TPSA) is 26.3 Å². The van der Waals surface area contributed by atoms with Crippen LogP contribution in [-0.2, 0) is 9.32 Å². The molecule has 0 N–H and O–H groups in total. The Morgan fingerprint density at radius 1 is 1.25 bits per heavy atom. The van der Waals surface area contributed by atoms with E-state index in [1.54, 1.807) is 0 Å². The highest BCUT2D eigenvalue weighted by Crippen LogP contribution is 2.75. The van der Waals surface area contributed by atoms with Crippen LogP contribution in [-0.4, -0.2) is 11.9 Å². The van der Waals surface area contributed by atoms with Gasteiger partial charge in [0.05, 0.1) is 6.10 Å². The molecule has 2 fully saturated rings. The van der Waals surface area contributed by atoms with Gasteiger partial charge >= 0.3 is 0 Å². The molecule has 0 aromatic heterocycles. The molecule has 9 atom stereocenters. The fourth-order valence-electron chi connectivity index (χ4n) is 6.50. The van der Waals surface area contributed by atoms with Gasteiger partial charge in [0.2, 0.25) is 0 Å². The summed E-state index contributed by atoms with van der Waals surface area (Å²) in [6.45, 7) is 12.0. The molecular formula is C20H30O2P2. The third kappa shape index (κ3) is 2.15. The van der Waals surface area contributed by atoms with Crippen LogP contribution in [0.1, 0.15) is 47.5 Å². The Bertz CT molecular complexity index is 650. The smallest absolute Gasteiger partial charge is 0.160 e. The van der Waals surface area contributed by atoms with E-state index in [4.69, 9.17) is 4.52 Å². The summed E-state index contributed by atoms with van der Waals surface area (Å²) in [6, 6.07) is 0. The first-order valence-electron chi connectivity index (χ1n) is 9.30. The molecule has 0 heterocycles. The first-order chi connectivity index (χ1) is 11.2. The van der Waals surface area contributed by atoms with Gasteiger partial charge < -0.3 is 4.52 Å². The van der Waals surface area contributed by atoms with E-state index in [0.717, 1.165) is 11.8 Å². The predicted octanol–water partition coefficient (Wildman–Crippen LogP) is 5.17. The average Bonchev–Trinajstić information content (AvgIpc) is 2.87. The van der Waals surface area contributed by atoms with Crippen molar-refractivity contribution in [2.24, 2.45) is 40.4 Å². The maximum Gasteiger partial charge on any atom is 0.160 e. The highest BCUT2D eigenvalue weighted by molar-refractivity contribution is 8.00. The molecule has 0 aliphatic heterocycles. The zero-order valence-corrected chi connectivity index (χ0v) is 17.6. The number of allylic oxidation sites excluding steroid dienone is 3. The molecule has 4 aliphatic rings. The van der Waals surface area contributed by atoms with E-state index >= 15 is 0 Å². The SMILES string of the molecule is C[C@@H]1C=C2CC(=O)C=C2[C@]2(C)[C@@H]([C@@H]1OPP)[C@H]1[C@@H](C[C@H]2C)C1(C)C. The third-order valence-electron chi connectivity index (χ3n) is 7.99. The number of hydrogen-bond donors (Lipinski definition) is 0. The van der Waals surface area contributed by atoms with Crippen LogP contribution in [0.15, 0.2) is 23.3 Å². The largest absolute Gasteiger partial charge is 0.354 e. The molecule has 0 radical (unpaired) electrons. The molecule has 0 bridgehead atoms. The van der Waals surface area contributed by atoms with Crippen LogP contribution in [0.4, 0.5) is 0 Å². The van der Waals surface area contributed by atoms with Gasteiger partial charge in [0.1, 0.15) is 0 Å². The van der Waals surface area contributed by atoms with Crippen LogP contribution in [0, 0.1) is 40.4 Å². The highest BCUT2D eigenvalue weighted by atomic mass is 32.0. The zero-order chi connectivity index (χ0) is 17.4. The molecule has 2 unspecified atom stereocenters. The molecule has 24 heavy (non-hydrogen) atoms. The first kappa shape index (κ1) is 17.4. The second-order valence-electron chi connectivity index (χ2n) is 9.35. The van der Waals surface area contributed by atoms with E-state index in [0.29, 0.717) is 43.9 Å². The van der Waals surface area contributed by atoms with Crippen LogP contribution in [0.25, 0.3) is 0 Å². The van der Waals surface area contributed by atoms with Gasteiger partial charge in [-0.15, -0.1) is 0 Å². The number of carbonyl (C=O) groups is 1. The van der Waals surface area contributed by atoms with Crippen molar-refractivity contribution >= 4 is 23.2 Å². The van der Waals surface area contributed by atoms with Crippen LogP contribution in [0.2, 0.25) is 0 Å². The van der Waals surface area contributed by atoms with E-state index in [-0.39, 0.29) is 11.5 Å². The van der Waals surface area contributed by atoms with Crippen molar-refractivity contribution in [3.8, 4) is 0 Å². The molecule has 0 amide bonds. The van der Waals surface area contributed by atoms with Gasteiger partial charge in [-0.25, -0.2) is 0 Å². The number of hydrogen-bond acceptors (Lipinski definition) is 2. The van der Waals surface area contributed by atoms with Gasteiger partial charge in [0, 0.05) is 26.2 Å². The Kier molecular flexibility index (Phi) is 3.97. The quantitative estimate of drug-likeness (QED) is 0.632. The Morgan fingerprint density at radius 2 is 1.96 bits per heavy atom. The minimum atomic E-state index is 0.0622. The molecule has 4 heteroatoms. The van der Waals surface area contributed by atoms with Gasteiger partial charge in [0.25, 0.3) is 0 Å². The molecule has 0 aromatic rings. The van der Waals surface area contributed by atoms with Gasteiger partial charge in [0.15, 0.2) is 5.78 Å². The predicted molar refractivity (Wildman–Crippen MR) is 104 cm³/mol. The minimum absolute atomic E-state index is 0.0622. The van der Waals surface area contributed by atoms with Crippen LogP contribution in [0.3, 0.4) is 0 Å². The third-order valence-corrected chi connectivity index (χ3v) is 8.80.